The topological polar surface area (TPSA) is 98.7 Å². The SMILES string of the molecule is Nn1c(SCC(=O)N[C@H]2CCCc3ccccc32)nnc1-c1cccnc1. The monoisotopic (exact) mass is 380 g/mol. The average Bonchev–Trinajstić information content (AvgIpc) is 3.08. The summed E-state index contributed by atoms with van der Waals surface area (Å²) < 4.78 is 1.39. The molecule has 0 saturated carbocycles. The molecule has 1 amide bonds. The van der Waals surface area contributed by atoms with Crippen LogP contribution in [0.1, 0.15) is 30.0 Å². The maximum absolute atomic E-state index is 12.4. The van der Waals surface area contributed by atoms with Crippen LogP contribution in [0.2, 0.25) is 0 Å². The van der Waals surface area contributed by atoms with Gasteiger partial charge < -0.3 is 11.2 Å². The molecule has 0 spiro atoms. The van der Waals surface area contributed by atoms with Gasteiger partial charge in [0.25, 0.3) is 0 Å². The third kappa shape index (κ3) is 3.80. The van der Waals surface area contributed by atoms with E-state index in [0.717, 1.165) is 24.8 Å². The Hall–Kier alpha value is -2.87. The van der Waals surface area contributed by atoms with Crippen molar-refractivity contribution in [3.63, 3.8) is 0 Å². The maximum atomic E-state index is 12.4. The number of aryl methyl sites for hydroxylation is 1. The molecule has 3 N–H and O–H groups in total. The molecule has 0 aliphatic heterocycles. The fourth-order valence-electron chi connectivity index (χ4n) is 3.34. The summed E-state index contributed by atoms with van der Waals surface area (Å²) in [5.74, 6) is 6.80. The first kappa shape index (κ1) is 17.5. The number of hydrogen-bond donors (Lipinski definition) is 2. The van der Waals surface area contributed by atoms with Crippen molar-refractivity contribution in [1.82, 2.24) is 25.2 Å². The minimum atomic E-state index is -0.0346. The lowest BCUT2D eigenvalue weighted by atomic mass is 9.88. The van der Waals surface area contributed by atoms with Crippen LogP contribution in [0.5, 0.6) is 0 Å². The predicted octanol–water partition coefficient (Wildman–Crippen LogP) is 2.34. The number of nitrogens with two attached hydrogens (primary N) is 1. The van der Waals surface area contributed by atoms with Crippen molar-refractivity contribution >= 4 is 17.7 Å². The summed E-state index contributed by atoms with van der Waals surface area (Å²) in [6.45, 7) is 0. The fourth-order valence-corrected chi connectivity index (χ4v) is 4.00. The number of nitrogen functional groups attached to an aromatic ring is 1. The molecule has 7 nitrogen and oxygen atoms in total. The van der Waals surface area contributed by atoms with Gasteiger partial charge in [-0.15, -0.1) is 10.2 Å². The summed E-state index contributed by atoms with van der Waals surface area (Å²) in [6.07, 6.45) is 6.48. The van der Waals surface area contributed by atoms with E-state index >= 15 is 0 Å². The second-order valence-electron chi connectivity index (χ2n) is 6.42. The summed E-state index contributed by atoms with van der Waals surface area (Å²) in [5.41, 5.74) is 3.33. The molecule has 0 bridgehead atoms. The molecule has 1 aliphatic rings. The summed E-state index contributed by atoms with van der Waals surface area (Å²) in [7, 11) is 0. The molecule has 27 heavy (non-hydrogen) atoms. The summed E-state index contributed by atoms with van der Waals surface area (Å²) in [6, 6.07) is 12.1. The van der Waals surface area contributed by atoms with Crippen molar-refractivity contribution in [3.8, 4) is 11.4 Å². The lowest BCUT2D eigenvalue weighted by Gasteiger charge is -2.26. The number of fused-ring (bicyclic) bond motifs is 1. The molecule has 0 fully saturated rings. The predicted molar refractivity (Wildman–Crippen MR) is 104 cm³/mol. The Kier molecular flexibility index (Phi) is 5.06. The van der Waals surface area contributed by atoms with Gasteiger partial charge in [-0.2, -0.15) is 0 Å². The van der Waals surface area contributed by atoms with Gasteiger partial charge in [-0.25, -0.2) is 4.68 Å². The quantitative estimate of drug-likeness (QED) is 0.521. The zero-order chi connectivity index (χ0) is 18.6. The van der Waals surface area contributed by atoms with Gasteiger partial charge in [0.15, 0.2) is 5.82 Å². The van der Waals surface area contributed by atoms with Gasteiger partial charge in [-0.05, 0) is 42.5 Å². The molecular formula is C19H20N6OS. The second-order valence-corrected chi connectivity index (χ2v) is 7.36. The third-order valence-electron chi connectivity index (χ3n) is 4.62. The normalized spacial score (nSPS) is 15.9. The molecule has 4 rings (SSSR count). The number of carbonyl (C=O) groups is 1. The summed E-state index contributed by atoms with van der Waals surface area (Å²) in [5, 5.41) is 11.8. The molecule has 0 saturated heterocycles. The highest BCUT2D eigenvalue weighted by atomic mass is 32.2. The molecule has 1 aliphatic carbocycles. The third-order valence-corrected chi connectivity index (χ3v) is 5.56. The van der Waals surface area contributed by atoms with Crippen molar-refractivity contribution in [2.24, 2.45) is 0 Å². The van der Waals surface area contributed by atoms with E-state index in [1.807, 2.05) is 24.3 Å². The second kappa shape index (κ2) is 7.79. The minimum absolute atomic E-state index is 0.0346. The summed E-state index contributed by atoms with van der Waals surface area (Å²) in [4.78, 5) is 16.5. The lowest BCUT2D eigenvalue weighted by molar-refractivity contribution is -0.119. The molecule has 2 heterocycles. The van der Waals surface area contributed by atoms with Crippen LogP contribution in [0.25, 0.3) is 11.4 Å². The van der Waals surface area contributed by atoms with Crippen molar-refractivity contribution < 1.29 is 4.79 Å². The lowest BCUT2D eigenvalue weighted by Crippen LogP contribution is -2.32. The van der Waals surface area contributed by atoms with Crippen molar-refractivity contribution in [2.75, 3.05) is 11.6 Å². The number of hydrogen-bond acceptors (Lipinski definition) is 6. The molecule has 0 unspecified atom stereocenters. The van der Waals surface area contributed by atoms with E-state index < -0.39 is 0 Å². The molecular weight excluding hydrogens is 360 g/mol. The van der Waals surface area contributed by atoms with E-state index in [9.17, 15) is 4.79 Å². The van der Waals surface area contributed by atoms with Gasteiger partial charge in [-0.3, -0.25) is 9.78 Å². The van der Waals surface area contributed by atoms with E-state index in [1.54, 1.807) is 12.4 Å². The minimum Gasteiger partial charge on any atom is -0.349 e. The Morgan fingerprint density at radius 3 is 3.00 bits per heavy atom. The van der Waals surface area contributed by atoms with E-state index in [-0.39, 0.29) is 17.7 Å². The van der Waals surface area contributed by atoms with Gasteiger partial charge in [0.05, 0.1) is 11.8 Å². The van der Waals surface area contributed by atoms with Crippen molar-refractivity contribution in [2.45, 2.75) is 30.5 Å². The molecule has 0 radical (unpaired) electrons. The van der Waals surface area contributed by atoms with E-state index in [2.05, 4.69) is 32.6 Å². The van der Waals surface area contributed by atoms with Gasteiger partial charge in [0, 0.05) is 18.0 Å². The number of benzene rings is 1. The number of aromatic nitrogens is 4. The van der Waals surface area contributed by atoms with Crippen LogP contribution in [-0.2, 0) is 11.2 Å². The Morgan fingerprint density at radius 1 is 1.26 bits per heavy atom. The molecule has 2 aromatic heterocycles. The molecule has 8 heteroatoms. The largest absolute Gasteiger partial charge is 0.349 e. The number of rotatable bonds is 5. The van der Waals surface area contributed by atoms with Gasteiger partial charge >= 0.3 is 0 Å². The van der Waals surface area contributed by atoms with Crippen LogP contribution in [0, 0.1) is 0 Å². The van der Waals surface area contributed by atoms with E-state index in [0.29, 0.717) is 11.0 Å². The van der Waals surface area contributed by atoms with Crippen LogP contribution in [0.4, 0.5) is 0 Å². The molecule has 1 atom stereocenters. The Bertz CT molecular complexity index is 942. The Morgan fingerprint density at radius 2 is 2.15 bits per heavy atom. The standard InChI is InChI=1S/C19H20N6OS/c20-25-18(14-7-4-10-21-11-14)23-24-19(25)27-12-17(26)22-16-9-3-6-13-5-1-2-8-15(13)16/h1-2,4-5,7-8,10-11,16H,3,6,9,12,20H2,(H,22,26)/t16-/m0/s1. The maximum Gasteiger partial charge on any atom is 0.230 e. The highest BCUT2D eigenvalue weighted by Crippen LogP contribution is 2.29. The zero-order valence-corrected chi connectivity index (χ0v) is 15.5. The molecule has 3 aromatic rings. The zero-order valence-electron chi connectivity index (χ0n) is 14.7. The van der Waals surface area contributed by atoms with Gasteiger partial charge in [0.2, 0.25) is 11.1 Å². The highest BCUT2D eigenvalue weighted by molar-refractivity contribution is 7.99. The first-order valence-electron chi connectivity index (χ1n) is 8.83. The van der Waals surface area contributed by atoms with Crippen LogP contribution >= 0.6 is 11.8 Å². The number of pyridine rings is 1. The van der Waals surface area contributed by atoms with Crippen LogP contribution in [0.15, 0.2) is 53.9 Å². The smallest absolute Gasteiger partial charge is 0.230 e. The number of carbonyl (C=O) groups excluding carboxylic acids is 1. The number of nitrogens with zero attached hydrogens (tertiary/aromatic N) is 4. The van der Waals surface area contributed by atoms with Gasteiger partial charge in [-0.1, -0.05) is 36.0 Å². The van der Waals surface area contributed by atoms with Gasteiger partial charge in [0.1, 0.15) is 0 Å². The highest BCUT2D eigenvalue weighted by Gasteiger charge is 2.22. The Balaban J connectivity index is 1.39. The Labute approximate surface area is 161 Å². The van der Waals surface area contributed by atoms with E-state index in [1.165, 1.54) is 27.6 Å². The van der Waals surface area contributed by atoms with Crippen LogP contribution in [-0.4, -0.2) is 31.5 Å². The van der Waals surface area contributed by atoms with E-state index in [4.69, 9.17) is 5.84 Å². The molecule has 138 valence electrons. The number of thioether (sulfide) groups is 1. The summed E-state index contributed by atoms with van der Waals surface area (Å²) >= 11 is 1.27. The first-order chi connectivity index (χ1) is 13.2. The molecule has 1 aromatic carbocycles. The van der Waals surface area contributed by atoms with Crippen molar-refractivity contribution in [1.29, 1.82) is 0 Å². The van der Waals surface area contributed by atoms with Crippen molar-refractivity contribution in [3.05, 3.63) is 59.9 Å². The fraction of sp³-hybridized carbons (Fsp3) is 0.263. The average molecular weight is 380 g/mol. The number of amides is 1. The van der Waals surface area contributed by atoms with Crippen LogP contribution in [0.3, 0.4) is 0 Å². The number of nitrogens with one attached hydrogen (secondary N) is 1. The first-order valence-corrected chi connectivity index (χ1v) is 9.82. The van der Waals surface area contributed by atoms with Crippen LogP contribution < -0.4 is 11.2 Å².